The van der Waals surface area contributed by atoms with E-state index < -0.39 is 6.10 Å². The molecule has 0 aromatic heterocycles. The zero-order valence-corrected chi connectivity index (χ0v) is 52.3. The number of ether oxygens (including phenoxy) is 3. The van der Waals surface area contributed by atoms with Crippen molar-refractivity contribution >= 4 is 17.9 Å². The molecule has 0 aliphatic carbocycles. The number of esters is 3. The minimum Gasteiger partial charge on any atom is -0.462 e. The minimum absolute atomic E-state index is 0.0671. The summed E-state index contributed by atoms with van der Waals surface area (Å²) < 4.78 is 17.0. The Morgan fingerprint density at radius 3 is 0.740 bits per heavy atom. The van der Waals surface area contributed by atoms with Gasteiger partial charge in [-0.3, -0.25) is 14.4 Å². The lowest BCUT2D eigenvalue weighted by Gasteiger charge is -2.18. The molecule has 0 N–H and O–H groups in total. The average Bonchev–Trinajstić information content (AvgIpc) is 3.43. The highest BCUT2D eigenvalue weighted by Gasteiger charge is 2.19. The largest absolute Gasteiger partial charge is 0.462 e. The van der Waals surface area contributed by atoms with Crippen LogP contribution in [-0.2, 0) is 28.6 Å². The molecule has 0 aromatic rings. The van der Waals surface area contributed by atoms with Crippen molar-refractivity contribution in [2.75, 3.05) is 13.2 Å². The minimum atomic E-state index is -0.771. The van der Waals surface area contributed by atoms with Gasteiger partial charge in [-0.15, -0.1) is 0 Å². The Balaban J connectivity index is 4.27. The molecule has 0 saturated carbocycles. The molecule has 1 unspecified atom stereocenters. The molecule has 0 amide bonds. The summed E-state index contributed by atoms with van der Waals surface area (Å²) in [6.45, 7) is 6.70. The molecule has 0 radical (unpaired) electrons. The van der Waals surface area contributed by atoms with E-state index in [4.69, 9.17) is 14.2 Å². The summed E-state index contributed by atoms with van der Waals surface area (Å²) >= 11 is 0. The fourth-order valence-electron chi connectivity index (χ4n) is 10.7. The normalized spacial score (nSPS) is 12.1. The molecule has 0 aromatic carbocycles. The van der Waals surface area contributed by atoms with Crippen molar-refractivity contribution in [3.05, 3.63) is 24.3 Å². The van der Waals surface area contributed by atoms with E-state index in [0.29, 0.717) is 19.3 Å². The van der Waals surface area contributed by atoms with Crippen LogP contribution in [0, 0.1) is 0 Å². The third-order valence-electron chi connectivity index (χ3n) is 16.0. The van der Waals surface area contributed by atoms with E-state index >= 15 is 0 Å². The Labute approximate surface area is 481 Å². The van der Waals surface area contributed by atoms with Crippen LogP contribution in [0.2, 0.25) is 0 Å². The Morgan fingerprint density at radius 1 is 0.260 bits per heavy atom. The first-order valence-corrected chi connectivity index (χ1v) is 34.8. The highest BCUT2D eigenvalue weighted by molar-refractivity contribution is 5.71. The van der Waals surface area contributed by atoms with E-state index in [-0.39, 0.29) is 31.1 Å². The van der Waals surface area contributed by atoms with E-state index in [1.165, 1.54) is 283 Å². The average molecular weight is 1080 g/mol. The number of unbranched alkanes of at least 4 members (excludes halogenated alkanes) is 50. The van der Waals surface area contributed by atoms with Crippen LogP contribution in [0.5, 0.6) is 0 Å². The maximum absolute atomic E-state index is 12.9. The van der Waals surface area contributed by atoms with E-state index in [2.05, 4.69) is 45.1 Å². The number of carbonyl (C=O) groups excluding carboxylic acids is 3. The van der Waals surface area contributed by atoms with Crippen LogP contribution in [0.1, 0.15) is 393 Å². The predicted molar refractivity (Wildman–Crippen MR) is 335 cm³/mol. The van der Waals surface area contributed by atoms with E-state index in [0.717, 1.165) is 70.6 Å². The molecule has 0 heterocycles. The Hall–Kier alpha value is -2.11. The molecule has 454 valence electrons. The zero-order valence-electron chi connectivity index (χ0n) is 52.3. The van der Waals surface area contributed by atoms with Crippen LogP contribution >= 0.6 is 0 Å². The summed E-state index contributed by atoms with van der Waals surface area (Å²) in [6, 6.07) is 0. The maximum atomic E-state index is 12.9. The van der Waals surface area contributed by atoms with Gasteiger partial charge in [-0.25, -0.2) is 0 Å². The molecule has 77 heavy (non-hydrogen) atoms. The molecule has 0 aliphatic heterocycles. The molecule has 0 aliphatic rings. The number of rotatable bonds is 65. The van der Waals surface area contributed by atoms with Crippen molar-refractivity contribution in [1.29, 1.82) is 0 Å². The van der Waals surface area contributed by atoms with Gasteiger partial charge in [0.2, 0.25) is 0 Å². The highest BCUT2D eigenvalue weighted by Crippen LogP contribution is 2.19. The van der Waals surface area contributed by atoms with Crippen molar-refractivity contribution in [3.63, 3.8) is 0 Å². The fourth-order valence-corrected chi connectivity index (χ4v) is 10.7. The Bertz CT molecular complexity index is 1240. The summed E-state index contributed by atoms with van der Waals surface area (Å²) in [6.07, 6.45) is 80.6. The number of allylic oxidation sites excluding steroid dienone is 4. The third-order valence-corrected chi connectivity index (χ3v) is 16.0. The number of carbonyl (C=O) groups is 3. The number of hydrogen-bond acceptors (Lipinski definition) is 6. The first-order chi connectivity index (χ1) is 38.0. The van der Waals surface area contributed by atoms with Gasteiger partial charge >= 0.3 is 17.9 Å². The van der Waals surface area contributed by atoms with Crippen LogP contribution in [0.15, 0.2) is 24.3 Å². The third kappa shape index (κ3) is 64.6. The molecule has 6 nitrogen and oxygen atoms in total. The van der Waals surface area contributed by atoms with Crippen LogP contribution in [0.25, 0.3) is 0 Å². The molecule has 0 saturated heterocycles. The lowest BCUT2D eigenvalue weighted by molar-refractivity contribution is -0.167. The molecular weight excluding hydrogens is 949 g/mol. The summed E-state index contributed by atoms with van der Waals surface area (Å²) in [5.41, 5.74) is 0. The van der Waals surface area contributed by atoms with Crippen molar-refractivity contribution in [2.24, 2.45) is 0 Å². The molecule has 6 heteroatoms. The topological polar surface area (TPSA) is 78.9 Å². The zero-order chi connectivity index (χ0) is 55.7. The van der Waals surface area contributed by atoms with Crippen molar-refractivity contribution < 1.29 is 28.6 Å². The van der Waals surface area contributed by atoms with E-state index in [9.17, 15) is 14.4 Å². The first-order valence-electron chi connectivity index (χ1n) is 34.8. The van der Waals surface area contributed by atoms with Gasteiger partial charge in [0, 0.05) is 19.3 Å². The van der Waals surface area contributed by atoms with E-state index in [1.54, 1.807) is 0 Å². The Morgan fingerprint density at radius 2 is 0.468 bits per heavy atom. The van der Waals surface area contributed by atoms with Gasteiger partial charge < -0.3 is 14.2 Å². The summed E-state index contributed by atoms with van der Waals surface area (Å²) in [4.78, 5) is 38.4. The van der Waals surface area contributed by atoms with Gasteiger partial charge in [-0.1, -0.05) is 347 Å². The lowest BCUT2D eigenvalue weighted by Crippen LogP contribution is -2.30. The molecule has 0 fully saturated rings. The second-order valence-electron chi connectivity index (χ2n) is 23.8. The quantitative estimate of drug-likeness (QED) is 0.0261. The summed E-state index contributed by atoms with van der Waals surface area (Å²) in [5.74, 6) is -0.842. The smallest absolute Gasteiger partial charge is 0.306 e. The number of hydrogen-bond donors (Lipinski definition) is 0. The van der Waals surface area contributed by atoms with Crippen LogP contribution in [0.3, 0.4) is 0 Å². The van der Waals surface area contributed by atoms with Gasteiger partial charge in [-0.2, -0.15) is 0 Å². The monoisotopic (exact) mass is 1080 g/mol. The van der Waals surface area contributed by atoms with Crippen LogP contribution < -0.4 is 0 Å². The Kier molecular flexibility index (Phi) is 64.6. The standard InChI is InChI=1S/C71H134O6/c1-4-7-10-13-16-19-22-25-28-31-33-34-35-36-37-38-41-43-46-49-52-55-58-61-64-70(73)76-67-68(66-75-69(72)63-60-57-54-51-48-45-42-39-30-27-24-21-18-15-12-9-6-3)77-71(74)65-62-59-56-53-50-47-44-40-32-29-26-23-20-17-14-11-8-5-2/h18,21,27,30,68H,4-17,19-20,22-26,28-29,31-67H2,1-3H3/b21-18-,30-27-. The predicted octanol–water partition coefficient (Wildman–Crippen LogP) is 23.8. The van der Waals surface area contributed by atoms with Gasteiger partial charge in [0.15, 0.2) is 6.10 Å². The second-order valence-corrected chi connectivity index (χ2v) is 23.8. The van der Waals surface area contributed by atoms with Crippen molar-refractivity contribution in [1.82, 2.24) is 0 Å². The first kappa shape index (κ1) is 74.9. The van der Waals surface area contributed by atoms with Gasteiger partial charge in [0.1, 0.15) is 13.2 Å². The van der Waals surface area contributed by atoms with Gasteiger partial charge in [0.25, 0.3) is 0 Å². The van der Waals surface area contributed by atoms with Gasteiger partial charge in [0.05, 0.1) is 0 Å². The maximum Gasteiger partial charge on any atom is 0.306 e. The molecule has 1 atom stereocenters. The van der Waals surface area contributed by atoms with Crippen molar-refractivity contribution in [3.8, 4) is 0 Å². The van der Waals surface area contributed by atoms with Crippen LogP contribution in [0.4, 0.5) is 0 Å². The lowest BCUT2D eigenvalue weighted by atomic mass is 10.0. The molecule has 0 bridgehead atoms. The van der Waals surface area contributed by atoms with E-state index in [1.807, 2.05) is 0 Å². The van der Waals surface area contributed by atoms with Gasteiger partial charge in [-0.05, 0) is 51.4 Å². The molecule has 0 spiro atoms. The SMILES string of the molecule is CCCCC/C=C\C/C=C\CCCCCCCCCC(=O)OCC(COC(=O)CCCCCCCCCCCCCCCCCCCCCCCCCC)OC(=O)CCCCCCCCCCCCCCCCCCCC. The second kappa shape index (κ2) is 66.4. The summed E-state index contributed by atoms with van der Waals surface area (Å²) in [7, 11) is 0. The molecule has 0 rings (SSSR count). The summed E-state index contributed by atoms with van der Waals surface area (Å²) in [5, 5.41) is 0. The molecular formula is C71H134O6. The fraction of sp³-hybridized carbons (Fsp3) is 0.901. The van der Waals surface area contributed by atoms with Crippen molar-refractivity contribution in [2.45, 2.75) is 399 Å². The highest BCUT2D eigenvalue weighted by atomic mass is 16.6. The van der Waals surface area contributed by atoms with Crippen LogP contribution in [-0.4, -0.2) is 37.2 Å².